The van der Waals surface area contributed by atoms with Crippen LogP contribution in [0.2, 0.25) is 0 Å². The van der Waals surface area contributed by atoms with Gasteiger partial charge >= 0.3 is 5.97 Å². The van der Waals surface area contributed by atoms with Crippen molar-refractivity contribution in [2.45, 2.75) is 17.4 Å². The fourth-order valence-corrected chi connectivity index (χ4v) is 4.12. The SMILES string of the molecule is CS(=O)(=O)c1ccc(Oc2cc(O[C@H]3C4CCOCC43)cc(C(=O)O)c2)cc1. The number of benzene rings is 2. The smallest absolute Gasteiger partial charge is 0.335 e. The van der Waals surface area contributed by atoms with Crippen molar-refractivity contribution in [3.8, 4) is 17.2 Å². The van der Waals surface area contributed by atoms with E-state index in [1.54, 1.807) is 6.07 Å². The van der Waals surface area contributed by atoms with Gasteiger partial charge in [0.25, 0.3) is 0 Å². The molecule has 0 bridgehead atoms. The number of ether oxygens (including phenoxy) is 3. The Hall–Kier alpha value is -2.58. The molecule has 2 aromatic rings. The van der Waals surface area contributed by atoms with Crippen molar-refractivity contribution in [2.24, 2.45) is 11.8 Å². The zero-order valence-electron chi connectivity index (χ0n) is 15.2. The molecule has 1 aliphatic heterocycles. The molecule has 1 heterocycles. The van der Waals surface area contributed by atoms with Crippen molar-refractivity contribution in [1.82, 2.24) is 0 Å². The normalized spacial score (nSPS) is 23.5. The van der Waals surface area contributed by atoms with Gasteiger partial charge in [0.05, 0.1) is 17.1 Å². The van der Waals surface area contributed by atoms with Gasteiger partial charge < -0.3 is 19.3 Å². The van der Waals surface area contributed by atoms with Crippen LogP contribution in [0.3, 0.4) is 0 Å². The van der Waals surface area contributed by atoms with Gasteiger partial charge in [0.15, 0.2) is 9.84 Å². The molecule has 7 nitrogen and oxygen atoms in total. The predicted molar refractivity (Wildman–Crippen MR) is 99.9 cm³/mol. The number of carboxylic acid groups (broad SMARTS) is 1. The lowest BCUT2D eigenvalue weighted by Crippen LogP contribution is -2.07. The Morgan fingerprint density at radius 1 is 1.07 bits per heavy atom. The summed E-state index contributed by atoms with van der Waals surface area (Å²) in [5, 5.41) is 9.38. The Labute approximate surface area is 162 Å². The maximum atomic E-state index is 11.6. The number of sulfone groups is 1. The molecule has 8 heteroatoms. The number of fused-ring (bicyclic) bond motifs is 1. The highest BCUT2D eigenvalue weighted by atomic mass is 32.2. The summed E-state index contributed by atoms with van der Waals surface area (Å²) in [5.41, 5.74) is 0.0557. The van der Waals surface area contributed by atoms with Crippen molar-refractivity contribution in [3.63, 3.8) is 0 Å². The summed E-state index contributed by atoms with van der Waals surface area (Å²) in [6, 6.07) is 10.5. The minimum Gasteiger partial charge on any atom is -0.490 e. The van der Waals surface area contributed by atoms with E-state index in [4.69, 9.17) is 14.2 Å². The third kappa shape index (κ3) is 3.98. The van der Waals surface area contributed by atoms with Crippen molar-refractivity contribution in [1.29, 1.82) is 0 Å². The fraction of sp³-hybridized carbons (Fsp3) is 0.350. The van der Waals surface area contributed by atoms with E-state index in [1.807, 2.05) is 0 Å². The first-order chi connectivity index (χ1) is 13.3. The lowest BCUT2D eigenvalue weighted by atomic mass is 10.2. The number of carbonyl (C=O) groups is 1. The average Bonchev–Trinajstić information content (AvgIpc) is 3.34. The molecule has 2 unspecified atom stereocenters. The third-order valence-electron chi connectivity index (χ3n) is 5.05. The lowest BCUT2D eigenvalue weighted by molar-refractivity contribution is 0.0695. The Morgan fingerprint density at radius 2 is 1.79 bits per heavy atom. The summed E-state index contributed by atoms with van der Waals surface area (Å²) in [5.74, 6) is 0.864. The van der Waals surface area contributed by atoms with Crippen LogP contribution in [0.1, 0.15) is 16.8 Å². The van der Waals surface area contributed by atoms with E-state index in [0.717, 1.165) is 19.3 Å². The molecule has 2 aromatic carbocycles. The van der Waals surface area contributed by atoms with Crippen LogP contribution in [0.5, 0.6) is 17.2 Å². The fourth-order valence-electron chi connectivity index (χ4n) is 3.49. The summed E-state index contributed by atoms with van der Waals surface area (Å²) in [7, 11) is -3.30. The standard InChI is InChI=1S/C20H20O7S/c1-28(23,24)16-4-2-13(3-5-16)26-14-8-12(20(21)22)9-15(10-14)27-19-17-6-7-25-11-18(17)19/h2-5,8-10,17-19H,6-7,11H2,1H3,(H,21,22)/t17?,18?,19-/m0/s1. The van der Waals surface area contributed by atoms with Gasteiger partial charge in [-0.05, 0) is 42.8 Å². The topological polar surface area (TPSA) is 99.1 Å². The quantitative estimate of drug-likeness (QED) is 0.790. The van der Waals surface area contributed by atoms with Gasteiger partial charge in [-0.25, -0.2) is 13.2 Å². The van der Waals surface area contributed by atoms with E-state index in [9.17, 15) is 18.3 Å². The molecular formula is C20H20O7S. The van der Waals surface area contributed by atoms with Crippen LogP contribution in [0.25, 0.3) is 0 Å². The molecule has 28 heavy (non-hydrogen) atoms. The minimum absolute atomic E-state index is 0.0356. The Morgan fingerprint density at radius 3 is 2.39 bits per heavy atom. The molecule has 1 aliphatic carbocycles. The molecule has 148 valence electrons. The van der Waals surface area contributed by atoms with E-state index in [0.29, 0.717) is 35.7 Å². The van der Waals surface area contributed by atoms with Crippen molar-refractivity contribution in [3.05, 3.63) is 48.0 Å². The summed E-state index contributed by atoms with van der Waals surface area (Å²) in [6.07, 6.45) is 2.11. The molecule has 0 amide bonds. The molecule has 1 saturated heterocycles. The van der Waals surface area contributed by atoms with Gasteiger partial charge in [-0.2, -0.15) is 0 Å². The highest BCUT2D eigenvalue weighted by Gasteiger charge is 2.54. The molecule has 2 fully saturated rings. The molecule has 0 spiro atoms. The predicted octanol–water partition coefficient (Wildman–Crippen LogP) is 2.99. The van der Waals surface area contributed by atoms with Crippen LogP contribution in [0, 0.1) is 11.8 Å². The van der Waals surface area contributed by atoms with Crippen LogP contribution in [0.15, 0.2) is 47.4 Å². The van der Waals surface area contributed by atoms with Gasteiger partial charge in [-0.15, -0.1) is 0 Å². The molecule has 4 rings (SSSR count). The van der Waals surface area contributed by atoms with E-state index in [2.05, 4.69) is 0 Å². The minimum atomic E-state index is -3.30. The first kappa shape index (κ1) is 18.8. The summed E-state index contributed by atoms with van der Waals surface area (Å²) in [6.45, 7) is 1.40. The van der Waals surface area contributed by atoms with Crippen LogP contribution < -0.4 is 9.47 Å². The van der Waals surface area contributed by atoms with Gasteiger partial charge in [0.1, 0.15) is 23.4 Å². The number of rotatable bonds is 6. The second-order valence-corrected chi connectivity index (χ2v) is 9.13. The summed E-state index contributed by atoms with van der Waals surface area (Å²) in [4.78, 5) is 11.6. The second-order valence-electron chi connectivity index (χ2n) is 7.12. The molecular weight excluding hydrogens is 384 g/mol. The summed E-state index contributed by atoms with van der Waals surface area (Å²) >= 11 is 0. The Bertz CT molecular complexity index is 986. The molecule has 1 N–H and O–H groups in total. The zero-order valence-corrected chi connectivity index (χ0v) is 16.0. The number of aromatic carboxylic acids is 1. The number of hydrogen-bond donors (Lipinski definition) is 1. The van der Waals surface area contributed by atoms with Crippen molar-refractivity contribution < 1.29 is 32.5 Å². The van der Waals surface area contributed by atoms with E-state index in [1.165, 1.54) is 36.4 Å². The van der Waals surface area contributed by atoms with Crippen LogP contribution >= 0.6 is 0 Å². The average molecular weight is 404 g/mol. The lowest BCUT2D eigenvalue weighted by Gasteiger charge is -2.11. The molecule has 1 saturated carbocycles. The van der Waals surface area contributed by atoms with E-state index >= 15 is 0 Å². The van der Waals surface area contributed by atoms with Crippen LogP contribution in [-0.2, 0) is 14.6 Å². The highest BCUT2D eigenvalue weighted by molar-refractivity contribution is 7.90. The maximum Gasteiger partial charge on any atom is 0.335 e. The molecule has 0 aromatic heterocycles. The van der Waals surface area contributed by atoms with E-state index < -0.39 is 15.8 Å². The van der Waals surface area contributed by atoms with Crippen LogP contribution in [0.4, 0.5) is 0 Å². The van der Waals surface area contributed by atoms with E-state index in [-0.39, 0.29) is 16.6 Å². The number of hydrogen-bond acceptors (Lipinski definition) is 6. The summed E-state index contributed by atoms with van der Waals surface area (Å²) < 4.78 is 40.3. The third-order valence-corrected chi connectivity index (χ3v) is 6.17. The van der Waals surface area contributed by atoms with Gasteiger partial charge in [-0.3, -0.25) is 0 Å². The highest BCUT2D eigenvalue weighted by Crippen LogP contribution is 2.47. The number of carboxylic acids is 1. The molecule has 3 atom stereocenters. The Balaban J connectivity index is 1.54. The molecule has 2 aliphatic rings. The van der Waals surface area contributed by atoms with Crippen LogP contribution in [-0.4, -0.2) is 45.1 Å². The van der Waals surface area contributed by atoms with Crippen molar-refractivity contribution >= 4 is 15.8 Å². The largest absolute Gasteiger partial charge is 0.490 e. The first-order valence-corrected chi connectivity index (χ1v) is 10.8. The monoisotopic (exact) mass is 404 g/mol. The second kappa shape index (κ2) is 7.10. The first-order valence-electron chi connectivity index (χ1n) is 8.92. The van der Waals surface area contributed by atoms with Gasteiger partial charge in [-0.1, -0.05) is 0 Å². The maximum absolute atomic E-state index is 11.6. The molecule has 0 radical (unpaired) electrons. The van der Waals surface area contributed by atoms with Gasteiger partial charge in [0.2, 0.25) is 0 Å². The van der Waals surface area contributed by atoms with Gasteiger partial charge in [0, 0.05) is 30.8 Å². The van der Waals surface area contributed by atoms with Crippen molar-refractivity contribution in [2.75, 3.05) is 19.5 Å². The Kier molecular flexibility index (Phi) is 4.76. The zero-order chi connectivity index (χ0) is 19.9.